The van der Waals surface area contributed by atoms with Crippen molar-refractivity contribution < 1.29 is 0 Å². The highest BCUT2D eigenvalue weighted by atomic mass is 35.5. The van der Waals surface area contributed by atoms with Crippen LogP contribution >= 0.6 is 11.6 Å². The minimum Gasteiger partial charge on any atom is -0.399 e. The second kappa shape index (κ2) is 3.81. The highest BCUT2D eigenvalue weighted by molar-refractivity contribution is 6.43. The summed E-state index contributed by atoms with van der Waals surface area (Å²) < 4.78 is 0. The van der Waals surface area contributed by atoms with Gasteiger partial charge in [-0.15, -0.1) is 0 Å². The molecule has 1 saturated carbocycles. The van der Waals surface area contributed by atoms with Gasteiger partial charge in [-0.05, 0) is 12.8 Å². The van der Waals surface area contributed by atoms with E-state index in [-0.39, 0.29) is 0 Å². The Morgan fingerprint density at radius 3 is 2.43 bits per heavy atom. The van der Waals surface area contributed by atoms with Gasteiger partial charge in [0.05, 0.1) is 12.2 Å². The Balaban J connectivity index is 2.04. The molecule has 0 atom stereocenters. The molecule has 1 heterocycles. The Kier molecular flexibility index (Phi) is 2.68. The molecular weight excluding hydrogens is 198 g/mol. The first-order chi connectivity index (χ1) is 6.70. The third kappa shape index (κ3) is 1.61. The SMILES string of the molecule is N=C1C(Cl)=C(N)CN1C1CCCCC1. The average Bonchev–Trinajstić information content (AvgIpc) is 2.47. The van der Waals surface area contributed by atoms with Crippen molar-refractivity contribution in [3.63, 3.8) is 0 Å². The van der Waals surface area contributed by atoms with Crippen LogP contribution in [0.5, 0.6) is 0 Å². The predicted molar refractivity (Wildman–Crippen MR) is 58.4 cm³/mol. The van der Waals surface area contributed by atoms with Crippen LogP contribution in [-0.4, -0.2) is 23.3 Å². The topological polar surface area (TPSA) is 53.1 Å². The van der Waals surface area contributed by atoms with Crippen LogP contribution in [0.4, 0.5) is 0 Å². The number of amidine groups is 1. The van der Waals surface area contributed by atoms with Crippen molar-refractivity contribution in [1.29, 1.82) is 5.41 Å². The Hall–Kier alpha value is -0.700. The van der Waals surface area contributed by atoms with Gasteiger partial charge in [0.25, 0.3) is 0 Å². The van der Waals surface area contributed by atoms with E-state index in [0.717, 1.165) is 0 Å². The molecule has 78 valence electrons. The quantitative estimate of drug-likeness (QED) is 0.700. The van der Waals surface area contributed by atoms with E-state index in [1.165, 1.54) is 32.1 Å². The zero-order valence-electron chi connectivity index (χ0n) is 8.22. The lowest BCUT2D eigenvalue weighted by atomic mass is 9.94. The third-order valence-corrected chi connectivity index (χ3v) is 3.55. The Bertz CT molecular complexity index is 279. The van der Waals surface area contributed by atoms with Gasteiger partial charge in [0, 0.05) is 6.04 Å². The largest absolute Gasteiger partial charge is 0.399 e. The highest BCUT2D eigenvalue weighted by Crippen LogP contribution is 2.28. The maximum atomic E-state index is 7.83. The Labute approximate surface area is 89.4 Å². The lowest BCUT2D eigenvalue weighted by Gasteiger charge is -2.32. The van der Waals surface area contributed by atoms with Crippen molar-refractivity contribution in [3.05, 3.63) is 10.7 Å². The Morgan fingerprint density at radius 2 is 1.93 bits per heavy atom. The summed E-state index contributed by atoms with van der Waals surface area (Å²) in [6.45, 7) is 0.655. The van der Waals surface area contributed by atoms with Gasteiger partial charge in [-0.25, -0.2) is 0 Å². The molecule has 2 rings (SSSR count). The van der Waals surface area contributed by atoms with E-state index in [4.69, 9.17) is 22.7 Å². The van der Waals surface area contributed by atoms with Gasteiger partial charge in [-0.2, -0.15) is 0 Å². The van der Waals surface area contributed by atoms with Gasteiger partial charge in [0.1, 0.15) is 10.9 Å². The molecule has 1 fully saturated rings. The number of nitrogens with one attached hydrogen (secondary N) is 1. The first-order valence-corrected chi connectivity index (χ1v) is 5.57. The number of rotatable bonds is 1. The Morgan fingerprint density at radius 1 is 1.29 bits per heavy atom. The van der Waals surface area contributed by atoms with Gasteiger partial charge >= 0.3 is 0 Å². The smallest absolute Gasteiger partial charge is 0.142 e. The fraction of sp³-hybridized carbons (Fsp3) is 0.700. The van der Waals surface area contributed by atoms with E-state index in [9.17, 15) is 0 Å². The second-order valence-electron chi connectivity index (χ2n) is 4.11. The van der Waals surface area contributed by atoms with E-state index < -0.39 is 0 Å². The van der Waals surface area contributed by atoms with Gasteiger partial charge in [-0.3, -0.25) is 5.41 Å². The van der Waals surface area contributed by atoms with Crippen molar-refractivity contribution in [3.8, 4) is 0 Å². The lowest BCUT2D eigenvalue weighted by Crippen LogP contribution is -2.38. The van der Waals surface area contributed by atoms with Crippen molar-refractivity contribution in [2.45, 2.75) is 38.1 Å². The van der Waals surface area contributed by atoms with E-state index >= 15 is 0 Å². The van der Waals surface area contributed by atoms with Gasteiger partial charge < -0.3 is 10.6 Å². The summed E-state index contributed by atoms with van der Waals surface area (Å²) in [5.41, 5.74) is 6.39. The summed E-state index contributed by atoms with van der Waals surface area (Å²) in [6.07, 6.45) is 6.23. The summed E-state index contributed by atoms with van der Waals surface area (Å²) in [6, 6.07) is 0.492. The molecule has 0 unspecified atom stereocenters. The molecule has 0 aromatic rings. The number of nitrogens with zero attached hydrogens (tertiary/aromatic N) is 1. The number of nitrogens with two attached hydrogens (primary N) is 1. The lowest BCUT2D eigenvalue weighted by molar-refractivity contribution is 0.262. The summed E-state index contributed by atoms with van der Waals surface area (Å²) >= 11 is 5.92. The highest BCUT2D eigenvalue weighted by Gasteiger charge is 2.30. The van der Waals surface area contributed by atoms with Crippen LogP contribution in [0, 0.1) is 5.41 Å². The molecule has 3 N–H and O–H groups in total. The molecule has 2 aliphatic rings. The van der Waals surface area contributed by atoms with Crippen molar-refractivity contribution in [2.75, 3.05) is 6.54 Å². The number of halogens is 1. The first kappa shape index (κ1) is 9.84. The van der Waals surface area contributed by atoms with Crippen LogP contribution in [0.3, 0.4) is 0 Å². The molecule has 0 aromatic carbocycles. The molecule has 1 aliphatic carbocycles. The zero-order valence-corrected chi connectivity index (χ0v) is 8.98. The van der Waals surface area contributed by atoms with Crippen LogP contribution in [0.25, 0.3) is 0 Å². The summed E-state index contributed by atoms with van der Waals surface area (Å²) in [5, 5.41) is 8.29. The maximum absolute atomic E-state index is 7.83. The first-order valence-electron chi connectivity index (χ1n) is 5.20. The minimum absolute atomic E-state index is 0.427. The summed E-state index contributed by atoms with van der Waals surface area (Å²) in [4.78, 5) is 2.05. The molecular formula is C10H16ClN3. The van der Waals surface area contributed by atoms with Gasteiger partial charge in [-0.1, -0.05) is 30.9 Å². The van der Waals surface area contributed by atoms with E-state index in [1.807, 2.05) is 0 Å². The van der Waals surface area contributed by atoms with E-state index in [1.54, 1.807) is 0 Å². The molecule has 3 nitrogen and oxygen atoms in total. The van der Waals surface area contributed by atoms with Crippen molar-refractivity contribution >= 4 is 17.4 Å². The van der Waals surface area contributed by atoms with Gasteiger partial charge in [0.2, 0.25) is 0 Å². The predicted octanol–water partition coefficient (Wildman–Crippen LogP) is 2.02. The molecule has 0 bridgehead atoms. The summed E-state index contributed by atoms with van der Waals surface area (Å²) in [7, 11) is 0. The van der Waals surface area contributed by atoms with Crippen LogP contribution in [-0.2, 0) is 0 Å². The second-order valence-corrected chi connectivity index (χ2v) is 4.49. The fourth-order valence-corrected chi connectivity index (χ4v) is 2.48. The van der Waals surface area contributed by atoms with Crippen LogP contribution < -0.4 is 5.73 Å². The molecule has 0 spiro atoms. The molecule has 14 heavy (non-hydrogen) atoms. The number of hydrogen-bond donors (Lipinski definition) is 2. The molecule has 0 radical (unpaired) electrons. The molecule has 0 saturated heterocycles. The molecule has 0 amide bonds. The number of hydrogen-bond acceptors (Lipinski definition) is 2. The normalized spacial score (nSPS) is 24.9. The minimum atomic E-state index is 0.427. The van der Waals surface area contributed by atoms with Crippen LogP contribution in [0.15, 0.2) is 10.7 Å². The molecule has 1 aliphatic heterocycles. The van der Waals surface area contributed by atoms with Crippen LogP contribution in [0.2, 0.25) is 0 Å². The van der Waals surface area contributed by atoms with Gasteiger partial charge in [0.15, 0.2) is 0 Å². The van der Waals surface area contributed by atoms with Crippen molar-refractivity contribution in [2.24, 2.45) is 5.73 Å². The summed E-state index contributed by atoms with van der Waals surface area (Å²) in [5.74, 6) is 0.427. The van der Waals surface area contributed by atoms with E-state index in [0.29, 0.717) is 29.2 Å². The fourth-order valence-electron chi connectivity index (χ4n) is 2.31. The molecule has 0 aromatic heterocycles. The third-order valence-electron chi connectivity index (χ3n) is 3.13. The monoisotopic (exact) mass is 213 g/mol. The molecule has 4 heteroatoms. The van der Waals surface area contributed by atoms with Crippen molar-refractivity contribution in [1.82, 2.24) is 4.90 Å². The standard InChI is InChI=1S/C10H16ClN3/c11-9-8(12)6-14(10(9)13)7-4-2-1-3-5-7/h7,13H,1-6,12H2. The van der Waals surface area contributed by atoms with Crippen LogP contribution in [0.1, 0.15) is 32.1 Å². The average molecular weight is 214 g/mol. The van der Waals surface area contributed by atoms with E-state index in [2.05, 4.69) is 4.90 Å². The zero-order chi connectivity index (χ0) is 10.1. The maximum Gasteiger partial charge on any atom is 0.142 e.